The molecule has 228 valence electrons. The third-order valence-electron chi connectivity index (χ3n) is 9.86. The van der Waals surface area contributed by atoms with E-state index in [1.807, 2.05) is 0 Å². The van der Waals surface area contributed by atoms with Gasteiger partial charge in [-0.15, -0.1) is 0 Å². The summed E-state index contributed by atoms with van der Waals surface area (Å²) in [7, 11) is 0. The van der Waals surface area contributed by atoms with E-state index in [0.29, 0.717) is 0 Å². The first-order valence-electron chi connectivity index (χ1n) is 16.7. The highest BCUT2D eigenvalue weighted by molar-refractivity contribution is 6.98. The van der Waals surface area contributed by atoms with Gasteiger partial charge < -0.3 is 14.7 Å². The number of fused-ring (bicyclic) bond motifs is 4. The first-order valence-corrected chi connectivity index (χ1v) is 16.7. The molecule has 2 aliphatic heterocycles. The van der Waals surface area contributed by atoms with Crippen LogP contribution >= 0.6 is 0 Å². The fraction of sp³-hybridized carbons (Fsp3) is 0.0455. The van der Waals surface area contributed by atoms with Crippen LogP contribution in [0.15, 0.2) is 170 Å². The maximum atomic E-state index is 2.44. The van der Waals surface area contributed by atoms with Crippen LogP contribution in [0.4, 0.5) is 51.2 Å². The SMILES string of the molecule is Cc1cc(N2c3ccccc3N(c3ccccc3)c3ccccc32)cc(C)c1B1c2ccccc2N(c2ccccc2)c2ccccc21. The van der Waals surface area contributed by atoms with Gasteiger partial charge in [-0.3, -0.25) is 0 Å². The molecule has 3 nitrogen and oxygen atoms in total. The molecule has 0 unspecified atom stereocenters. The van der Waals surface area contributed by atoms with Gasteiger partial charge in [0, 0.05) is 28.4 Å². The van der Waals surface area contributed by atoms with E-state index in [2.05, 4.69) is 198 Å². The summed E-state index contributed by atoms with van der Waals surface area (Å²) in [6, 6.07) is 61.5. The molecule has 0 atom stereocenters. The van der Waals surface area contributed by atoms with E-state index in [4.69, 9.17) is 0 Å². The van der Waals surface area contributed by atoms with Crippen molar-refractivity contribution in [1.29, 1.82) is 0 Å². The predicted octanol–water partition coefficient (Wildman–Crippen LogP) is 9.86. The van der Waals surface area contributed by atoms with E-state index in [0.717, 1.165) is 17.1 Å². The summed E-state index contributed by atoms with van der Waals surface area (Å²) in [5, 5.41) is 0. The summed E-state index contributed by atoms with van der Waals surface area (Å²) in [4.78, 5) is 7.23. The molecular weight excluding hydrogens is 581 g/mol. The van der Waals surface area contributed by atoms with Crippen LogP contribution in [0, 0.1) is 13.8 Å². The van der Waals surface area contributed by atoms with E-state index in [9.17, 15) is 0 Å². The van der Waals surface area contributed by atoms with Crippen molar-refractivity contribution in [1.82, 2.24) is 0 Å². The maximum Gasteiger partial charge on any atom is 0.247 e. The Hall–Kier alpha value is -6.00. The lowest BCUT2D eigenvalue weighted by atomic mass is 9.34. The second-order valence-electron chi connectivity index (χ2n) is 12.7. The average molecular weight is 616 g/mol. The van der Waals surface area contributed by atoms with Gasteiger partial charge in [-0.25, -0.2) is 0 Å². The van der Waals surface area contributed by atoms with E-state index in [1.165, 1.54) is 61.6 Å². The van der Waals surface area contributed by atoms with E-state index in [1.54, 1.807) is 0 Å². The number of para-hydroxylation sites is 8. The zero-order valence-corrected chi connectivity index (χ0v) is 27.1. The number of aryl methyl sites for hydroxylation is 2. The van der Waals surface area contributed by atoms with Crippen LogP contribution in [0.2, 0.25) is 0 Å². The van der Waals surface area contributed by atoms with Gasteiger partial charge in [-0.05, 0) is 97.6 Å². The number of hydrogen-bond donors (Lipinski definition) is 0. The van der Waals surface area contributed by atoms with Crippen molar-refractivity contribution in [2.75, 3.05) is 14.7 Å². The number of nitrogens with zero attached hydrogens (tertiary/aromatic N) is 3. The van der Waals surface area contributed by atoms with Crippen molar-refractivity contribution in [2.24, 2.45) is 0 Å². The predicted molar refractivity (Wildman–Crippen MR) is 205 cm³/mol. The molecule has 0 aliphatic carbocycles. The zero-order chi connectivity index (χ0) is 32.2. The molecular formula is C44H34BN3. The van der Waals surface area contributed by atoms with Gasteiger partial charge in [0.1, 0.15) is 0 Å². The number of hydrogen-bond acceptors (Lipinski definition) is 3. The molecule has 2 heterocycles. The lowest BCUT2D eigenvalue weighted by Crippen LogP contribution is -2.58. The molecule has 0 N–H and O–H groups in total. The van der Waals surface area contributed by atoms with Crippen molar-refractivity contribution < 1.29 is 0 Å². The molecule has 0 saturated heterocycles. The fourth-order valence-corrected chi connectivity index (χ4v) is 7.95. The minimum atomic E-state index is 0.112. The summed E-state index contributed by atoms with van der Waals surface area (Å²) >= 11 is 0. The Morgan fingerprint density at radius 1 is 0.333 bits per heavy atom. The molecule has 0 amide bonds. The van der Waals surface area contributed by atoms with Crippen molar-refractivity contribution in [3.63, 3.8) is 0 Å². The quantitative estimate of drug-likeness (QED) is 0.183. The lowest BCUT2D eigenvalue weighted by molar-refractivity contribution is 1.16. The van der Waals surface area contributed by atoms with Gasteiger partial charge in [0.25, 0.3) is 0 Å². The van der Waals surface area contributed by atoms with Crippen molar-refractivity contribution in [2.45, 2.75) is 13.8 Å². The van der Waals surface area contributed by atoms with E-state index in [-0.39, 0.29) is 6.71 Å². The molecule has 48 heavy (non-hydrogen) atoms. The summed E-state index contributed by atoms with van der Waals surface area (Å²) in [5.74, 6) is 0. The van der Waals surface area contributed by atoms with Gasteiger partial charge in [0.05, 0.1) is 22.7 Å². The Kier molecular flexibility index (Phi) is 6.68. The zero-order valence-electron chi connectivity index (χ0n) is 27.1. The van der Waals surface area contributed by atoms with Gasteiger partial charge in [0.15, 0.2) is 0 Å². The largest absolute Gasteiger partial charge is 0.312 e. The normalized spacial score (nSPS) is 13.0. The van der Waals surface area contributed by atoms with Gasteiger partial charge in [-0.2, -0.15) is 0 Å². The number of rotatable bonds is 4. The van der Waals surface area contributed by atoms with Crippen LogP contribution in [0.25, 0.3) is 0 Å². The molecule has 7 aromatic carbocycles. The Bertz CT molecular complexity index is 2180. The molecule has 0 aromatic heterocycles. The Labute approximate surface area is 283 Å². The molecule has 0 spiro atoms. The highest BCUT2D eigenvalue weighted by Gasteiger charge is 2.37. The van der Waals surface area contributed by atoms with Crippen LogP contribution in [-0.4, -0.2) is 6.71 Å². The topological polar surface area (TPSA) is 9.72 Å². The standard InChI is InChI=1S/C44H34BN3/c1-31-29-35(48-42-27-15-13-25-40(42)47(34-19-7-4-8-20-34)41-26-14-16-28-43(41)48)30-32(2)44(31)45-36-21-9-11-23-38(36)46(33-17-5-3-6-18-33)39-24-12-10-22-37(39)45/h3-30H,1-2H3. The summed E-state index contributed by atoms with van der Waals surface area (Å²) in [5.41, 5.74) is 17.2. The Morgan fingerprint density at radius 2 is 0.646 bits per heavy atom. The van der Waals surface area contributed by atoms with Crippen LogP contribution in [0.5, 0.6) is 0 Å². The van der Waals surface area contributed by atoms with E-state index < -0.39 is 0 Å². The van der Waals surface area contributed by atoms with Crippen molar-refractivity contribution in [3.8, 4) is 0 Å². The lowest BCUT2D eigenvalue weighted by Gasteiger charge is -2.41. The van der Waals surface area contributed by atoms with Gasteiger partial charge in [-0.1, -0.05) is 114 Å². The number of anilines is 9. The highest BCUT2D eigenvalue weighted by atomic mass is 15.3. The molecule has 0 radical (unpaired) electrons. The molecule has 0 saturated carbocycles. The van der Waals surface area contributed by atoms with E-state index >= 15 is 0 Å². The maximum absolute atomic E-state index is 2.44. The second-order valence-corrected chi connectivity index (χ2v) is 12.7. The number of benzene rings is 7. The first kappa shape index (κ1) is 28.2. The molecule has 9 rings (SSSR count). The van der Waals surface area contributed by atoms with Crippen LogP contribution in [0.3, 0.4) is 0 Å². The second kappa shape index (κ2) is 11.4. The monoisotopic (exact) mass is 615 g/mol. The van der Waals surface area contributed by atoms with Crippen LogP contribution in [-0.2, 0) is 0 Å². The molecule has 4 heteroatoms. The fourth-order valence-electron chi connectivity index (χ4n) is 7.95. The van der Waals surface area contributed by atoms with Gasteiger partial charge >= 0.3 is 0 Å². The summed E-state index contributed by atoms with van der Waals surface area (Å²) in [6.45, 7) is 4.69. The minimum absolute atomic E-state index is 0.112. The Morgan fingerprint density at radius 3 is 1.06 bits per heavy atom. The minimum Gasteiger partial charge on any atom is -0.312 e. The van der Waals surface area contributed by atoms with Crippen molar-refractivity contribution >= 4 is 74.3 Å². The third kappa shape index (κ3) is 4.37. The molecule has 0 bridgehead atoms. The highest BCUT2D eigenvalue weighted by Crippen LogP contribution is 2.54. The third-order valence-corrected chi connectivity index (χ3v) is 9.86. The molecule has 7 aromatic rings. The Balaban J connectivity index is 1.21. The first-order chi connectivity index (χ1) is 23.7. The summed E-state index contributed by atoms with van der Waals surface area (Å²) in [6.07, 6.45) is 0. The molecule has 0 fully saturated rings. The van der Waals surface area contributed by atoms with Crippen molar-refractivity contribution in [3.05, 3.63) is 181 Å². The summed E-state index contributed by atoms with van der Waals surface area (Å²) < 4.78 is 0. The van der Waals surface area contributed by atoms with Crippen LogP contribution in [0.1, 0.15) is 11.1 Å². The average Bonchev–Trinajstić information content (AvgIpc) is 3.14. The van der Waals surface area contributed by atoms with Gasteiger partial charge in [0.2, 0.25) is 6.71 Å². The smallest absolute Gasteiger partial charge is 0.247 e. The molecule has 2 aliphatic rings. The van der Waals surface area contributed by atoms with Crippen LogP contribution < -0.4 is 31.1 Å².